The maximum atomic E-state index is 8.68. The van der Waals surface area contributed by atoms with Gasteiger partial charge < -0.3 is 13.3 Å². The molecule has 4 nitrogen and oxygen atoms in total. The van der Waals surface area contributed by atoms with Crippen LogP contribution in [0.1, 0.15) is 19.8 Å². The number of hydrogen-bond donors (Lipinski definition) is 0. The highest BCUT2D eigenvalue weighted by Crippen LogP contribution is 2.27. The zero-order valence-electron chi connectivity index (χ0n) is 9.07. The van der Waals surface area contributed by atoms with E-state index in [9.17, 15) is 0 Å². The summed E-state index contributed by atoms with van der Waals surface area (Å²) in [5, 5.41) is 10.8. The summed E-state index contributed by atoms with van der Waals surface area (Å²) in [4.78, 5) is -0.00231. The van der Waals surface area contributed by atoms with E-state index in [2.05, 4.69) is 12.3 Å². The van der Waals surface area contributed by atoms with Gasteiger partial charge in [-0.25, -0.2) is 0 Å². The van der Waals surface area contributed by atoms with Crippen LogP contribution in [0, 0.1) is 10.7 Å². The van der Waals surface area contributed by atoms with E-state index in [0.29, 0.717) is 0 Å². The topological polar surface area (TPSA) is 51.5 Å². The van der Waals surface area contributed by atoms with E-state index >= 15 is 0 Å². The number of rotatable bonds is 7. The molecular formula is C8H17NO3SSi. The molecule has 0 amide bonds. The molecule has 1 atom stereocenters. The third-order valence-electron chi connectivity index (χ3n) is 1.99. The van der Waals surface area contributed by atoms with E-state index in [-0.39, 0.29) is 4.87 Å². The lowest BCUT2D eigenvalue weighted by Crippen LogP contribution is -2.52. The van der Waals surface area contributed by atoms with Crippen LogP contribution < -0.4 is 0 Å². The van der Waals surface area contributed by atoms with Gasteiger partial charge in [0.2, 0.25) is 0 Å². The Morgan fingerprint density at radius 2 is 1.79 bits per heavy atom. The molecule has 0 aromatic rings. The molecule has 0 aliphatic carbocycles. The number of nitriles is 1. The quantitative estimate of drug-likeness (QED) is 0.497. The summed E-state index contributed by atoms with van der Waals surface area (Å²) >= 11 is 1.17. The van der Waals surface area contributed by atoms with Crippen molar-refractivity contribution in [2.24, 2.45) is 0 Å². The standard InChI is InChI=1S/C8H17NO3SSi/c1-5-6-8(13-7-9)14(10-2,11-3)12-4/h8H,5-6H2,1-4H3. The summed E-state index contributed by atoms with van der Waals surface area (Å²) in [6.45, 7) is 2.06. The first-order valence-corrected chi connectivity index (χ1v) is 7.09. The number of hydrogen-bond acceptors (Lipinski definition) is 5. The molecule has 0 aliphatic heterocycles. The molecular weight excluding hydrogens is 218 g/mol. The van der Waals surface area contributed by atoms with E-state index < -0.39 is 8.80 Å². The second-order valence-electron chi connectivity index (χ2n) is 2.70. The molecule has 0 heterocycles. The normalized spacial score (nSPS) is 13.6. The zero-order valence-corrected chi connectivity index (χ0v) is 10.9. The fourth-order valence-corrected chi connectivity index (χ4v) is 5.29. The van der Waals surface area contributed by atoms with Crippen molar-refractivity contribution in [3.05, 3.63) is 0 Å². The van der Waals surface area contributed by atoms with Crippen LogP contribution in [0.5, 0.6) is 0 Å². The van der Waals surface area contributed by atoms with Crippen molar-refractivity contribution in [3.8, 4) is 5.40 Å². The van der Waals surface area contributed by atoms with Crippen LogP contribution in [-0.4, -0.2) is 35.0 Å². The molecule has 0 saturated heterocycles. The Kier molecular flexibility index (Phi) is 7.23. The largest absolute Gasteiger partial charge is 0.514 e. The maximum Gasteiger partial charge on any atom is 0.514 e. The van der Waals surface area contributed by atoms with Crippen molar-refractivity contribution in [2.75, 3.05) is 21.3 Å². The zero-order chi connectivity index (χ0) is 11.0. The number of thioether (sulfide) groups is 1. The van der Waals surface area contributed by atoms with E-state index in [1.54, 1.807) is 21.3 Å². The highest BCUT2D eigenvalue weighted by Gasteiger charge is 2.47. The number of nitrogens with zero attached hydrogens (tertiary/aromatic N) is 1. The third-order valence-corrected chi connectivity index (χ3v) is 6.62. The Hall–Kier alpha value is -0.0631. The van der Waals surface area contributed by atoms with Crippen molar-refractivity contribution in [3.63, 3.8) is 0 Å². The first kappa shape index (κ1) is 13.9. The van der Waals surface area contributed by atoms with Gasteiger partial charge >= 0.3 is 8.80 Å². The van der Waals surface area contributed by atoms with Crippen LogP contribution >= 0.6 is 11.8 Å². The van der Waals surface area contributed by atoms with Crippen LogP contribution in [0.2, 0.25) is 0 Å². The molecule has 1 unspecified atom stereocenters. The molecule has 0 N–H and O–H groups in total. The van der Waals surface area contributed by atoms with Gasteiger partial charge in [0, 0.05) is 21.3 Å². The third kappa shape index (κ3) is 3.26. The SMILES string of the molecule is CCCC(SC#N)[Si](OC)(OC)OC. The fraction of sp³-hybridized carbons (Fsp3) is 0.875. The molecule has 0 rings (SSSR count). The molecule has 6 heteroatoms. The Bertz CT molecular complexity index is 185. The maximum absolute atomic E-state index is 8.68. The Morgan fingerprint density at radius 3 is 2.07 bits per heavy atom. The summed E-state index contributed by atoms with van der Waals surface area (Å²) in [7, 11) is 2.06. The van der Waals surface area contributed by atoms with Crippen LogP contribution in [-0.2, 0) is 13.3 Å². The highest BCUT2D eigenvalue weighted by atomic mass is 32.2. The lowest BCUT2D eigenvalue weighted by atomic mass is 10.4. The molecule has 14 heavy (non-hydrogen) atoms. The average Bonchev–Trinajstić information content (AvgIpc) is 2.22. The summed E-state index contributed by atoms with van der Waals surface area (Å²) in [5.74, 6) is 0. The lowest BCUT2D eigenvalue weighted by molar-refractivity contribution is 0.120. The van der Waals surface area contributed by atoms with Gasteiger partial charge in [0.15, 0.2) is 0 Å². The monoisotopic (exact) mass is 235 g/mol. The summed E-state index contributed by atoms with van der Waals surface area (Å²) in [6, 6.07) is 0. The van der Waals surface area contributed by atoms with E-state index in [1.165, 1.54) is 11.8 Å². The molecule has 0 aliphatic rings. The van der Waals surface area contributed by atoms with Crippen molar-refractivity contribution in [2.45, 2.75) is 24.6 Å². The van der Waals surface area contributed by atoms with Gasteiger partial charge in [-0.15, -0.1) is 0 Å². The molecule has 0 bridgehead atoms. The number of thiocyanates is 1. The second kappa shape index (κ2) is 7.26. The summed E-state index contributed by atoms with van der Waals surface area (Å²) < 4.78 is 16.0. The van der Waals surface area contributed by atoms with Gasteiger partial charge in [-0.2, -0.15) is 5.26 Å². The second-order valence-corrected chi connectivity index (χ2v) is 7.24. The molecule has 0 fully saturated rings. The lowest BCUT2D eigenvalue weighted by Gasteiger charge is -2.30. The molecule has 82 valence electrons. The van der Waals surface area contributed by atoms with Crippen LogP contribution in [0.25, 0.3) is 0 Å². The van der Waals surface area contributed by atoms with Crippen molar-refractivity contribution in [1.82, 2.24) is 0 Å². The van der Waals surface area contributed by atoms with Crippen molar-refractivity contribution < 1.29 is 13.3 Å². The minimum atomic E-state index is -2.65. The molecule has 0 aromatic carbocycles. The van der Waals surface area contributed by atoms with Gasteiger partial charge in [-0.05, 0) is 18.2 Å². The Balaban J connectivity index is 4.62. The minimum absolute atomic E-state index is 0.00231. The molecule has 0 saturated carbocycles. The van der Waals surface area contributed by atoms with Crippen LogP contribution in [0.15, 0.2) is 0 Å². The van der Waals surface area contributed by atoms with Gasteiger partial charge in [-0.1, -0.05) is 13.3 Å². The predicted molar refractivity (Wildman–Crippen MR) is 58.7 cm³/mol. The van der Waals surface area contributed by atoms with Gasteiger partial charge in [-0.3, -0.25) is 0 Å². The predicted octanol–water partition coefficient (Wildman–Crippen LogP) is 1.79. The van der Waals surface area contributed by atoms with Crippen LogP contribution in [0.4, 0.5) is 0 Å². The van der Waals surface area contributed by atoms with E-state index in [0.717, 1.165) is 12.8 Å². The molecule has 0 aromatic heterocycles. The first-order chi connectivity index (χ1) is 6.70. The summed E-state index contributed by atoms with van der Waals surface area (Å²) in [6.07, 6.45) is 1.84. The van der Waals surface area contributed by atoms with Gasteiger partial charge in [0.05, 0.1) is 4.87 Å². The smallest absolute Gasteiger partial charge is 0.376 e. The average molecular weight is 235 g/mol. The summed E-state index contributed by atoms with van der Waals surface area (Å²) in [5.41, 5.74) is 0. The molecule has 0 radical (unpaired) electrons. The molecule has 0 spiro atoms. The fourth-order valence-electron chi connectivity index (χ4n) is 1.28. The highest BCUT2D eigenvalue weighted by molar-refractivity contribution is 8.05. The minimum Gasteiger partial charge on any atom is -0.376 e. The van der Waals surface area contributed by atoms with Crippen molar-refractivity contribution in [1.29, 1.82) is 5.26 Å². The Morgan fingerprint density at radius 1 is 1.29 bits per heavy atom. The Labute approximate surface area is 90.9 Å². The van der Waals surface area contributed by atoms with Crippen LogP contribution in [0.3, 0.4) is 0 Å². The van der Waals surface area contributed by atoms with Gasteiger partial charge in [0.1, 0.15) is 5.40 Å². The first-order valence-electron chi connectivity index (χ1n) is 4.40. The van der Waals surface area contributed by atoms with E-state index in [1.807, 2.05) is 0 Å². The van der Waals surface area contributed by atoms with Crippen molar-refractivity contribution >= 4 is 20.6 Å². The van der Waals surface area contributed by atoms with E-state index in [4.69, 9.17) is 18.5 Å². The van der Waals surface area contributed by atoms with Gasteiger partial charge in [0.25, 0.3) is 0 Å².